The molecule has 0 heterocycles. The third kappa shape index (κ3) is 4.78. The predicted molar refractivity (Wildman–Crippen MR) is 76.1 cm³/mol. The van der Waals surface area contributed by atoms with Crippen LogP contribution in [0.15, 0.2) is 22.7 Å². The summed E-state index contributed by atoms with van der Waals surface area (Å²) in [5.41, 5.74) is 8.37. The van der Waals surface area contributed by atoms with Crippen molar-refractivity contribution in [3.63, 3.8) is 0 Å². The third-order valence-corrected chi connectivity index (χ3v) is 3.77. The van der Waals surface area contributed by atoms with Crippen molar-refractivity contribution in [3.05, 3.63) is 33.8 Å². The van der Waals surface area contributed by atoms with Gasteiger partial charge in [0.1, 0.15) is 0 Å². The first-order valence-electron chi connectivity index (χ1n) is 6.23. The molecule has 1 aromatic rings. The average Bonchev–Trinajstić information content (AvgIpc) is 2.27. The number of nitrogens with two attached hydrogens (primary N) is 1. The summed E-state index contributed by atoms with van der Waals surface area (Å²) in [6.45, 7) is 4.16. The lowest BCUT2D eigenvalue weighted by Gasteiger charge is -2.18. The summed E-state index contributed by atoms with van der Waals surface area (Å²) in [5.74, 6) is 0. The molecule has 3 heteroatoms. The molecule has 2 nitrogen and oxygen atoms in total. The van der Waals surface area contributed by atoms with E-state index in [1.807, 2.05) is 0 Å². The summed E-state index contributed by atoms with van der Waals surface area (Å²) < 4.78 is 1.12. The van der Waals surface area contributed by atoms with Crippen molar-refractivity contribution in [1.29, 1.82) is 0 Å². The molecule has 0 aromatic heterocycles. The molecule has 1 aromatic carbocycles. The van der Waals surface area contributed by atoms with Gasteiger partial charge in [-0.05, 0) is 43.4 Å². The van der Waals surface area contributed by atoms with Crippen LogP contribution < -0.4 is 5.73 Å². The van der Waals surface area contributed by atoms with Gasteiger partial charge in [0, 0.05) is 10.5 Å². The quantitative estimate of drug-likeness (QED) is 0.847. The van der Waals surface area contributed by atoms with Gasteiger partial charge in [-0.2, -0.15) is 0 Å². The van der Waals surface area contributed by atoms with Crippen molar-refractivity contribution in [2.75, 3.05) is 0 Å². The molecular weight excluding hydrogens is 278 g/mol. The Kier molecular flexibility index (Phi) is 6.17. The second-order valence-electron chi connectivity index (χ2n) is 4.65. The van der Waals surface area contributed by atoms with E-state index < -0.39 is 6.10 Å². The van der Waals surface area contributed by atoms with E-state index in [9.17, 15) is 5.11 Å². The second-order valence-corrected chi connectivity index (χ2v) is 5.51. The van der Waals surface area contributed by atoms with Crippen LogP contribution >= 0.6 is 15.9 Å². The van der Waals surface area contributed by atoms with Crippen molar-refractivity contribution < 1.29 is 5.11 Å². The minimum Gasteiger partial charge on any atom is -0.392 e. The first kappa shape index (κ1) is 14.7. The van der Waals surface area contributed by atoms with Crippen LogP contribution in [0.4, 0.5) is 0 Å². The van der Waals surface area contributed by atoms with E-state index in [1.54, 1.807) is 0 Å². The second kappa shape index (κ2) is 7.14. The number of hydrogen-bond donors (Lipinski definition) is 2. The highest BCUT2D eigenvalue weighted by Gasteiger charge is 2.14. The van der Waals surface area contributed by atoms with E-state index in [0.717, 1.165) is 30.2 Å². The zero-order chi connectivity index (χ0) is 12.8. The summed E-state index contributed by atoms with van der Waals surface area (Å²) in [4.78, 5) is 0. The lowest BCUT2D eigenvalue weighted by molar-refractivity contribution is 0.131. The number of rotatable bonds is 6. The standard InChI is InChI=1S/C14H22BrNO/c1-3-4-13(16)14(17)8-7-11-6-5-10(2)9-12(11)15/h5-6,9,13-14,17H,3-4,7-8,16H2,1-2H3. The van der Waals surface area contributed by atoms with Crippen LogP contribution in [0.3, 0.4) is 0 Å². The van der Waals surface area contributed by atoms with E-state index in [1.165, 1.54) is 11.1 Å². The smallest absolute Gasteiger partial charge is 0.0694 e. The Balaban J connectivity index is 2.49. The lowest BCUT2D eigenvalue weighted by Crippen LogP contribution is -2.34. The molecule has 0 radical (unpaired) electrons. The maximum atomic E-state index is 9.92. The number of halogens is 1. The Hall–Kier alpha value is -0.380. The molecule has 2 unspecified atom stereocenters. The molecular formula is C14H22BrNO. The van der Waals surface area contributed by atoms with E-state index in [2.05, 4.69) is 48.0 Å². The number of aliphatic hydroxyl groups is 1. The van der Waals surface area contributed by atoms with Crippen molar-refractivity contribution in [2.24, 2.45) is 5.73 Å². The van der Waals surface area contributed by atoms with E-state index in [4.69, 9.17) is 5.73 Å². The van der Waals surface area contributed by atoms with Gasteiger partial charge < -0.3 is 10.8 Å². The third-order valence-electron chi connectivity index (χ3n) is 3.03. The Bertz CT molecular complexity index is 354. The molecule has 0 fully saturated rings. The fourth-order valence-corrected chi connectivity index (χ4v) is 2.59. The molecule has 0 saturated heterocycles. The molecule has 3 N–H and O–H groups in total. The molecule has 0 aliphatic heterocycles. The average molecular weight is 300 g/mol. The highest BCUT2D eigenvalue weighted by Crippen LogP contribution is 2.20. The van der Waals surface area contributed by atoms with E-state index >= 15 is 0 Å². The van der Waals surface area contributed by atoms with Gasteiger partial charge >= 0.3 is 0 Å². The minimum atomic E-state index is -0.400. The van der Waals surface area contributed by atoms with Crippen molar-refractivity contribution >= 4 is 15.9 Å². The van der Waals surface area contributed by atoms with Gasteiger partial charge in [-0.15, -0.1) is 0 Å². The monoisotopic (exact) mass is 299 g/mol. The fourth-order valence-electron chi connectivity index (χ4n) is 1.90. The summed E-state index contributed by atoms with van der Waals surface area (Å²) in [6, 6.07) is 6.22. The van der Waals surface area contributed by atoms with Gasteiger partial charge in [-0.3, -0.25) is 0 Å². The summed E-state index contributed by atoms with van der Waals surface area (Å²) in [5, 5.41) is 9.92. The van der Waals surface area contributed by atoms with Gasteiger partial charge in [-0.1, -0.05) is 41.4 Å². The molecule has 17 heavy (non-hydrogen) atoms. The first-order chi connectivity index (χ1) is 8.04. The number of hydrogen-bond acceptors (Lipinski definition) is 2. The van der Waals surface area contributed by atoms with Crippen LogP contribution in [-0.2, 0) is 6.42 Å². The number of aliphatic hydroxyl groups excluding tert-OH is 1. The summed E-state index contributed by atoms with van der Waals surface area (Å²) in [7, 11) is 0. The van der Waals surface area contributed by atoms with Crippen molar-refractivity contribution in [2.45, 2.75) is 51.7 Å². The van der Waals surface area contributed by atoms with Crippen LogP contribution in [0.2, 0.25) is 0 Å². The maximum absolute atomic E-state index is 9.92. The van der Waals surface area contributed by atoms with E-state index in [0.29, 0.717) is 0 Å². The molecule has 0 spiro atoms. The normalized spacial score (nSPS) is 14.6. The zero-order valence-electron chi connectivity index (χ0n) is 10.6. The molecule has 2 atom stereocenters. The first-order valence-corrected chi connectivity index (χ1v) is 7.02. The molecule has 0 aliphatic carbocycles. The molecule has 96 valence electrons. The molecule has 1 rings (SSSR count). The zero-order valence-corrected chi connectivity index (χ0v) is 12.2. The molecule has 0 bridgehead atoms. The van der Waals surface area contributed by atoms with Crippen LogP contribution in [0.1, 0.15) is 37.3 Å². The SMILES string of the molecule is CCCC(N)C(O)CCc1ccc(C)cc1Br. The van der Waals surface area contributed by atoms with Crippen LogP contribution in [0.25, 0.3) is 0 Å². The highest BCUT2D eigenvalue weighted by atomic mass is 79.9. The molecule has 0 saturated carbocycles. The Labute approximate surface area is 112 Å². The Morgan fingerprint density at radius 3 is 2.65 bits per heavy atom. The van der Waals surface area contributed by atoms with Gasteiger partial charge in [0.15, 0.2) is 0 Å². The van der Waals surface area contributed by atoms with Crippen molar-refractivity contribution in [3.8, 4) is 0 Å². The summed E-state index contributed by atoms with van der Waals surface area (Å²) >= 11 is 3.55. The number of aryl methyl sites for hydroxylation is 2. The topological polar surface area (TPSA) is 46.2 Å². The Morgan fingerprint density at radius 2 is 2.06 bits per heavy atom. The van der Waals surface area contributed by atoms with Crippen LogP contribution in [0.5, 0.6) is 0 Å². The van der Waals surface area contributed by atoms with E-state index in [-0.39, 0.29) is 6.04 Å². The maximum Gasteiger partial charge on any atom is 0.0694 e. The largest absolute Gasteiger partial charge is 0.392 e. The van der Waals surface area contributed by atoms with Crippen LogP contribution in [-0.4, -0.2) is 17.3 Å². The summed E-state index contributed by atoms with van der Waals surface area (Å²) in [6.07, 6.45) is 3.09. The minimum absolute atomic E-state index is 0.0933. The van der Waals surface area contributed by atoms with Gasteiger partial charge in [0.05, 0.1) is 6.10 Å². The molecule has 0 aliphatic rings. The Morgan fingerprint density at radius 1 is 1.35 bits per heavy atom. The lowest BCUT2D eigenvalue weighted by atomic mass is 9.99. The van der Waals surface area contributed by atoms with Gasteiger partial charge in [0.25, 0.3) is 0 Å². The molecule has 0 amide bonds. The predicted octanol–water partition coefficient (Wildman–Crippen LogP) is 3.18. The highest BCUT2D eigenvalue weighted by molar-refractivity contribution is 9.10. The van der Waals surface area contributed by atoms with Gasteiger partial charge in [0.2, 0.25) is 0 Å². The number of benzene rings is 1. The van der Waals surface area contributed by atoms with Crippen molar-refractivity contribution in [1.82, 2.24) is 0 Å². The fraction of sp³-hybridized carbons (Fsp3) is 0.571. The van der Waals surface area contributed by atoms with Crippen LogP contribution in [0, 0.1) is 6.92 Å². The van der Waals surface area contributed by atoms with Gasteiger partial charge in [-0.25, -0.2) is 0 Å².